The van der Waals surface area contributed by atoms with Gasteiger partial charge in [0, 0.05) is 13.1 Å². The van der Waals surface area contributed by atoms with E-state index in [0.29, 0.717) is 6.10 Å². The highest BCUT2D eigenvalue weighted by Crippen LogP contribution is 2.27. The SMILES string of the molecule is CCCCC(C)(CC)OC1CCN(C)CC1. The minimum Gasteiger partial charge on any atom is -0.372 e. The molecule has 1 aliphatic rings. The van der Waals surface area contributed by atoms with Gasteiger partial charge in [0.2, 0.25) is 0 Å². The Balaban J connectivity index is 2.36. The van der Waals surface area contributed by atoms with E-state index in [2.05, 4.69) is 32.7 Å². The van der Waals surface area contributed by atoms with E-state index in [9.17, 15) is 0 Å². The third kappa shape index (κ3) is 4.42. The highest BCUT2D eigenvalue weighted by molar-refractivity contribution is 4.78. The molecule has 2 nitrogen and oxygen atoms in total. The third-order valence-corrected chi connectivity index (χ3v) is 3.92. The first-order valence-corrected chi connectivity index (χ1v) is 6.96. The summed E-state index contributed by atoms with van der Waals surface area (Å²) in [5.74, 6) is 0. The van der Waals surface area contributed by atoms with Crippen LogP contribution in [0.25, 0.3) is 0 Å². The smallest absolute Gasteiger partial charge is 0.0655 e. The van der Waals surface area contributed by atoms with Gasteiger partial charge in [-0.3, -0.25) is 0 Å². The van der Waals surface area contributed by atoms with E-state index >= 15 is 0 Å². The molecule has 0 bridgehead atoms. The van der Waals surface area contributed by atoms with E-state index in [1.54, 1.807) is 0 Å². The molecular weight excluding hydrogens is 198 g/mol. The fraction of sp³-hybridized carbons (Fsp3) is 1.00. The highest BCUT2D eigenvalue weighted by Gasteiger charge is 2.28. The van der Waals surface area contributed by atoms with Gasteiger partial charge in [-0.1, -0.05) is 26.7 Å². The zero-order valence-corrected chi connectivity index (χ0v) is 11.6. The molecule has 0 aromatic heterocycles. The second-order valence-corrected chi connectivity index (χ2v) is 5.53. The molecule has 16 heavy (non-hydrogen) atoms. The van der Waals surface area contributed by atoms with Crippen molar-refractivity contribution in [3.8, 4) is 0 Å². The summed E-state index contributed by atoms with van der Waals surface area (Å²) in [5.41, 5.74) is 0.122. The maximum atomic E-state index is 6.35. The lowest BCUT2D eigenvalue weighted by Crippen LogP contribution is -2.40. The minimum atomic E-state index is 0.122. The number of hydrogen-bond donors (Lipinski definition) is 0. The number of rotatable bonds is 6. The first-order chi connectivity index (χ1) is 7.59. The Labute approximate surface area is 101 Å². The predicted molar refractivity (Wildman–Crippen MR) is 69.8 cm³/mol. The molecule has 1 atom stereocenters. The standard InChI is InChI=1S/C14H29NO/c1-5-7-10-14(3,6-2)16-13-8-11-15(4)12-9-13/h13H,5-12H2,1-4H3. The molecule has 0 N–H and O–H groups in total. The summed E-state index contributed by atoms with van der Waals surface area (Å²) in [7, 11) is 2.20. The zero-order valence-electron chi connectivity index (χ0n) is 11.6. The maximum Gasteiger partial charge on any atom is 0.0655 e. The van der Waals surface area contributed by atoms with Gasteiger partial charge in [-0.2, -0.15) is 0 Å². The lowest BCUT2D eigenvalue weighted by Gasteiger charge is -2.37. The molecule has 1 heterocycles. The molecule has 1 unspecified atom stereocenters. The van der Waals surface area contributed by atoms with Crippen molar-refractivity contribution in [1.29, 1.82) is 0 Å². The quantitative estimate of drug-likeness (QED) is 0.689. The van der Waals surface area contributed by atoms with Gasteiger partial charge >= 0.3 is 0 Å². The van der Waals surface area contributed by atoms with Crippen molar-refractivity contribution in [1.82, 2.24) is 4.90 Å². The van der Waals surface area contributed by atoms with Gasteiger partial charge in [0.25, 0.3) is 0 Å². The molecular formula is C14H29NO. The number of piperidine rings is 1. The van der Waals surface area contributed by atoms with E-state index in [4.69, 9.17) is 4.74 Å². The van der Waals surface area contributed by atoms with Gasteiger partial charge in [-0.05, 0) is 39.7 Å². The maximum absolute atomic E-state index is 6.35. The Bertz CT molecular complexity index is 187. The second kappa shape index (κ2) is 6.61. The van der Waals surface area contributed by atoms with E-state index in [-0.39, 0.29) is 5.60 Å². The summed E-state index contributed by atoms with van der Waals surface area (Å²) in [4.78, 5) is 2.40. The fourth-order valence-corrected chi connectivity index (χ4v) is 2.37. The van der Waals surface area contributed by atoms with Crippen LogP contribution in [0.4, 0.5) is 0 Å². The highest BCUT2D eigenvalue weighted by atomic mass is 16.5. The normalized spacial score (nSPS) is 23.2. The molecule has 1 rings (SSSR count). The van der Waals surface area contributed by atoms with Crippen LogP contribution < -0.4 is 0 Å². The number of unbranched alkanes of at least 4 members (excludes halogenated alkanes) is 1. The second-order valence-electron chi connectivity index (χ2n) is 5.53. The first kappa shape index (κ1) is 14.0. The van der Waals surface area contributed by atoms with Crippen molar-refractivity contribution in [2.75, 3.05) is 20.1 Å². The molecule has 0 amide bonds. The Morgan fingerprint density at radius 2 is 1.88 bits per heavy atom. The molecule has 2 heteroatoms. The third-order valence-electron chi connectivity index (χ3n) is 3.92. The number of likely N-dealkylation sites (tertiary alicyclic amines) is 1. The lowest BCUT2D eigenvalue weighted by molar-refractivity contribution is -0.107. The van der Waals surface area contributed by atoms with Crippen molar-refractivity contribution in [2.45, 2.75) is 71.0 Å². The van der Waals surface area contributed by atoms with Gasteiger partial charge in [-0.15, -0.1) is 0 Å². The van der Waals surface area contributed by atoms with Crippen LogP contribution in [0.1, 0.15) is 59.3 Å². The van der Waals surface area contributed by atoms with Crippen LogP contribution in [-0.4, -0.2) is 36.7 Å². The van der Waals surface area contributed by atoms with Crippen molar-refractivity contribution >= 4 is 0 Å². The first-order valence-electron chi connectivity index (χ1n) is 6.96. The minimum absolute atomic E-state index is 0.122. The van der Waals surface area contributed by atoms with Crippen molar-refractivity contribution in [2.24, 2.45) is 0 Å². The van der Waals surface area contributed by atoms with E-state index in [1.165, 1.54) is 45.2 Å². The Morgan fingerprint density at radius 3 is 2.38 bits per heavy atom. The van der Waals surface area contributed by atoms with Gasteiger partial charge in [-0.25, -0.2) is 0 Å². The molecule has 1 fully saturated rings. The molecule has 0 aromatic rings. The van der Waals surface area contributed by atoms with Crippen LogP contribution in [0, 0.1) is 0 Å². The molecule has 1 aliphatic heterocycles. The van der Waals surface area contributed by atoms with Gasteiger partial charge in [0.05, 0.1) is 11.7 Å². The molecule has 1 saturated heterocycles. The van der Waals surface area contributed by atoms with E-state index in [0.717, 1.165) is 6.42 Å². The Hall–Kier alpha value is -0.0800. The average molecular weight is 227 g/mol. The fourth-order valence-electron chi connectivity index (χ4n) is 2.37. The van der Waals surface area contributed by atoms with Crippen LogP contribution >= 0.6 is 0 Å². The summed E-state index contributed by atoms with van der Waals surface area (Å²) in [6.07, 6.45) is 7.82. The van der Waals surface area contributed by atoms with Gasteiger partial charge in [0.1, 0.15) is 0 Å². The van der Waals surface area contributed by atoms with Crippen molar-refractivity contribution in [3.63, 3.8) is 0 Å². The van der Waals surface area contributed by atoms with Gasteiger partial charge < -0.3 is 9.64 Å². The Kier molecular flexibility index (Phi) is 5.77. The number of nitrogens with zero attached hydrogens (tertiary/aromatic N) is 1. The largest absolute Gasteiger partial charge is 0.372 e. The summed E-state index contributed by atoms with van der Waals surface area (Å²) >= 11 is 0. The molecule has 0 spiro atoms. The van der Waals surface area contributed by atoms with Crippen LogP contribution in [0.3, 0.4) is 0 Å². The van der Waals surface area contributed by atoms with Crippen LogP contribution in [0.5, 0.6) is 0 Å². The molecule has 96 valence electrons. The molecule has 0 aromatic carbocycles. The van der Waals surface area contributed by atoms with Crippen molar-refractivity contribution < 1.29 is 4.74 Å². The summed E-state index contributed by atoms with van der Waals surface area (Å²) < 4.78 is 6.35. The topological polar surface area (TPSA) is 12.5 Å². The molecule has 0 radical (unpaired) electrons. The summed E-state index contributed by atoms with van der Waals surface area (Å²) in [5, 5.41) is 0. The van der Waals surface area contributed by atoms with Crippen LogP contribution in [0.2, 0.25) is 0 Å². The predicted octanol–water partition coefficient (Wildman–Crippen LogP) is 3.46. The van der Waals surface area contributed by atoms with E-state index < -0.39 is 0 Å². The van der Waals surface area contributed by atoms with Crippen LogP contribution in [-0.2, 0) is 4.74 Å². The summed E-state index contributed by atoms with van der Waals surface area (Å²) in [6, 6.07) is 0. The van der Waals surface area contributed by atoms with E-state index in [1.807, 2.05) is 0 Å². The number of ether oxygens (including phenoxy) is 1. The summed E-state index contributed by atoms with van der Waals surface area (Å²) in [6.45, 7) is 9.19. The molecule has 0 saturated carbocycles. The van der Waals surface area contributed by atoms with Crippen LogP contribution in [0.15, 0.2) is 0 Å². The average Bonchev–Trinajstić information content (AvgIpc) is 2.30. The van der Waals surface area contributed by atoms with Crippen molar-refractivity contribution in [3.05, 3.63) is 0 Å². The van der Waals surface area contributed by atoms with Gasteiger partial charge in [0.15, 0.2) is 0 Å². The molecule has 0 aliphatic carbocycles. The number of hydrogen-bond acceptors (Lipinski definition) is 2. The lowest BCUT2D eigenvalue weighted by atomic mass is 9.95. The monoisotopic (exact) mass is 227 g/mol. The zero-order chi connectivity index (χ0) is 12.0. The Morgan fingerprint density at radius 1 is 1.25 bits per heavy atom.